The molecule has 0 amide bonds. The number of benzene rings is 1. The minimum atomic E-state index is -1.06. The smallest absolute Gasteiger partial charge is 0.190 e. The molecule has 2 aliphatic rings. The zero-order valence-electron chi connectivity index (χ0n) is 16.9. The maximum atomic E-state index is 10.1. The summed E-state index contributed by atoms with van der Waals surface area (Å²) in [5, 5.41) is 19.4. The molecule has 2 fully saturated rings. The Bertz CT molecular complexity index is 603. The van der Waals surface area contributed by atoms with E-state index in [1.165, 1.54) is 12.8 Å². The summed E-state index contributed by atoms with van der Waals surface area (Å²) in [5.41, 5.74) is 0.972. The first-order valence-electron chi connectivity index (χ1n) is 10.1. The van der Waals surface area contributed by atoms with Gasteiger partial charge in [-0.2, -0.15) is 0 Å². The first-order valence-corrected chi connectivity index (χ1v) is 10.1. The Morgan fingerprint density at radius 2 is 1.89 bits per heavy atom. The number of ether oxygens (including phenoxy) is 5. The van der Waals surface area contributed by atoms with Crippen LogP contribution in [0.15, 0.2) is 24.3 Å². The van der Waals surface area contributed by atoms with Gasteiger partial charge >= 0.3 is 0 Å². The van der Waals surface area contributed by atoms with Gasteiger partial charge in [-0.25, -0.2) is 0 Å². The largest absolute Gasteiger partial charge is 0.494 e. The number of unbranched alkanes of at least 4 members (excludes halogenated alkanes) is 2. The fourth-order valence-corrected chi connectivity index (χ4v) is 3.52. The lowest BCUT2D eigenvalue weighted by molar-refractivity contribution is -0.232. The maximum Gasteiger partial charge on any atom is 0.190 e. The van der Waals surface area contributed by atoms with E-state index in [0.29, 0.717) is 6.61 Å². The molecular formula is C21H32O7. The van der Waals surface area contributed by atoms with Gasteiger partial charge in [0, 0.05) is 0 Å². The van der Waals surface area contributed by atoms with Crippen molar-refractivity contribution >= 4 is 0 Å². The van der Waals surface area contributed by atoms with Gasteiger partial charge in [0.1, 0.15) is 30.2 Å². The number of aliphatic hydroxyl groups excluding tert-OH is 2. The van der Waals surface area contributed by atoms with Crippen LogP contribution in [-0.4, -0.2) is 59.9 Å². The first-order chi connectivity index (χ1) is 13.4. The lowest BCUT2D eigenvalue weighted by atomic mass is 10.1. The summed E-state index contributed by atoms with van der Waals surface area (Å²) in [6.45, 7) is 6.41. The van der Waals surface area contributed by atoms with Crippen molar-refractivity contribution in [2.45, 2.75) is 83.1 Å². The van der Waals surface area contributed by atoms with E-state index in [2.05, 4.69) is 6.92 Å². The van der Waals surface area contributed by atoms with Crippen LogP contribution < -0.4 is 4.74 Å². The van der Waals surface area contributed by atoms with Gasteiger partial charge in [-0.3, -0.25) is 0 Å². The second-order valence-corrected chi connectivity index (χ2v) is 7.79. The summed E-state index contributed by atoms with van der Waals surface area (Å²) in [7, 11) is 0. The second-order valence-electron chi connectivity index (χ2n) is 7.79. The molecule has 158 valence electrons. The summed E-state index contributed by atoms with van der Waals surface area (Å²) in [4.78, 5) is 0. The fraction of sp³-hybridized carbons (Fsp3) is 0.714. The molecule has 0 saturated carbocycles. The molecule has 0 radical (unpaired) electrons. The molecule has 3 rings (SSSR count). The highest BCUT2D eigenvalue weighted by Gasteiger charge is 2.56. The lowest BCUT2D eigenvalue weighted by Gasteiger charge is -2.28. The summed E-state index contributed by atoms with van der Waals surface area (Å²) < 4.78 is 29.1. The number of hydrogen-bond donors (Lipinski definition) is 2. The topological polar surface area (TPSA) is 86.6 Å². The third kappa shape index (κ3) is 5.23. The normalized spacial score (nSPS) is 29.6. The molecule has 2 N–H and O–H groups in total. The van der Waals surface area contributed by atoms with Crippen LogP contribution in [0.4, 0.5) is 0 Å². The summed E-state index contributed by atoms with van der Waals surface area (Å²) in [5.74, 6) is 0.0648. The third-order valence-electron chi connectivity index (χ3n) is 4.98. The van der Waals surface area contributed by atoms with Crippen molar-refractivity contribution in [3.05, 3.63) is 29.8 Å². The molecule has 1 aromatic carbocycles. The van der Waals surface area contributed by atoms with Crippen molar-refractivity contribution < 1.29 is 33.9 Å². The molecule has 2 aliphatic heterocycles. The van der Waals surface area contributed by atoms with Crippen molar-refractivity contribution in [1.29, 1.82) is 0 Å². The maximum absolute atomic E-state index is 10.1. The van der Waals surface area contributed by atoms with Crippen LogP contribution in [0, 0.1) is 0 Å². The van der Waals surface area contributed by atoms with Crippen LogP contribution in [0.25, 0.3) is 0 Å². The van der Waals surface area contributed by atoms with E-state index < -0.39 is 43.1 Å². The zero-order valence-corrected chi connectivity index (χ0v) is 16.9. The Hall–Kier alpha value is -1.22. The highest BCUT2D eigenvalue weighted by molar-refractivity contribution is 5.26. The molecule has 0 unspecified atom stereocenters. The molecule has 0 spiro atoms. The molecule has 2 saturated heterocycles. The highest BCUT2D eigenvalue weighted by atomic mass is 16.8. The summed E-state index contributed by atoms with van der Waals surface area (Å²) >= 11 is 0. The minimum Gasteiger partial charge on any atom is -0.494 e. The average molecular weight is 396 g/mol. The fourth-order valence-electron chi connectivity index (χ4n) is 3.52. The molecule has 7 heteroatoms. The van der Waals surface area contributed by atoms with Gasteiger partial charge in [-0.05, 0) is 38.0 Å². The van der Waals surface area contributed by atoms with E-state index in [1.54, 1.807) is 0 Å². The Labute approximate surface area is 166 Å². The monoisotopic (exact) mass is 396 g/mol. The van der Waals surface area contributed by atoms with Gasteiger partial charge in [0.2, 0.25) is 0 Å². The summed E-state index contributed by atoms with van der Waals surface area (Å²) in [6, 6.07) is 7.76. The lowest BCUT2D eigenvalue weighted by Crippen LogP contribution is -2.44. The molecule has 5 atom stereocenters. The number of aliphatic hydroxyl groups is 2. The highest BCUT2D eigenvalue weighted by Crippen LogP contribution is 2.39. The molecule has 7 nitrogen and oxygen atoms in total. The predicted octanol–water partition coefficient (Wildman–Crippen LogP) is 2.37. The Morgan fingerprint density at radius 3 is 2.57 bits per heavy atom. The van der Waals surface area contributed by atoms with Gasteiger partial charge in [0.05, 0.1) is 19.8 Å². The van der Waals surface area contributed by atoms with Crippen LogP contribution >= 0.6 is 0 Å². The first kappa shape index (κ1) is 21.5. The van der Waals surface area contributed by atoms with E-state index in [9.17, 15) is 10.2 Å². The average Bonchev–Trinajstić information content (AvgIpc) is 3.15. The van der Waals surface area contributed by atoms with E-state index in [0.717, 1.165) is 24.3 Å². The van der Waals surface area contributed by atoms with Gasteiger partial charge in [0.15, 0.2) is 12.1 Å². The summed E-state index contributed by atoms with van der Waals surface area (Å²) in [6.07, 6.45) is -0.00224. The molecule has 28 heavy (non-hydrogen) atoms. The number of rotatable bonds is 10. The Balaban J connectivity index is 1.56. The van der Waals surface area contributed by atoms with Crippen LogP contribution in [0.3, 0.4) is 0 Å². The molecule has 1 aromatic rings. The van der Waals surface area contributed by atoms with Crippen molar-refractivity contribution in [3.63, 3.8) is 0 Å². The van der Waals surface area contributed by atoms with Crippen molar-refractivity contribution in [2.24, 2.45) is 0 Å². The van der Waals surface area contributed by atoms with Crippen LogP contribution in [0.5, 0.6) is 5.75 Å². The van der Waals surface area contributed by atoms with Crippen LogP contribution in [0.1, 0.15) is 45.6 Å². The molecule has 2 heterocycles. The minimum absolute atomic E-state index is 0.325. The van der Waals surface area contributed by atoms with E-state index in [1.807, 2.05) is 38.1 Å². The van der Waals surface area contributed by atoms with E-state index in [4.69, 9.17) is 23.7 Å². The van der Waals surface area contributed by atoms with Crippen LogP contribution in [-0.2, 0) is 25.6 Å². The van der Waals surface area contributed by atoms with Crippen molar-refractivity contribution in [2.75, 3.05) is 13.2 Å². The molecule has 0 aromatic heterocycles. The second kappa shape index (κ2) is 9.52. The predicted molar refractivity (Wildman–Crippen MR) is 102 cm³/mol. The van der Waals surface area contributed by atoms with Gasteiger partial charge in [-0.15, -0.1) is 0 Å². The quantitative estimate of drug-likeness (QED) is 0.587. The SMILES string of the molecule is CCCCCOc1ccc(CO[C@H]2[C@@H]3OC(C)(C)O[C@H]3O[C@H]2[C@H](O)CO)cc1. The van der Waals surface area contributed by atoms with Crippen molar-refractivity contribution in [1.82, 2.24) is 0 Å². The van der Waals surface area contributed by atoms with Gasteiger partial charge in [0.25, 0.3) is 0 Å². The number of hydrogen-bond acceptors (Lipinski definition) is 7. The van der Waals surface area contributed by atoms with Gasteiger partial charge < -0.3 is 33.9 Å². The Morgan fingerprint density at radius 1 is 1.14 bits per heavy atom. The van der Waals surface area contributed by atoms with E-state index >= 15 is 0 Å². The Kier molecular flexibility index (Phi) is 7.31. The zero-order chi connectivity index (χ0) is 20.1. The van der Waals surface area contributed by atoms with Gasteiger partial charge in [-0.1, -0.05) is 31.9 Å². The van der Waals surface area contributed by atoms with Crippen LogP contribution in [0.2, 0.25) is 0 Å². The molecular weight excluding hydrogens is 364 g/mol. The number of fused-ring (bicyclic) bond motifs is 1. The van der Waals surface area contributed by atoms with E-state index in [-0.39, 0.29) is 0 Å². The van der Waals surface area contributed by atoms with Crippen molar-refractivity contribution in [3.8, 4) is 5.75 Å². The molecule has 0 bridgehead atoms. The standard InChI is InChI=1S/C21H32O7/c1-4-5-6-11-24-15-9-7-14(8-10-15)13-25-18-17(16(23)12-22)26-20-19(18)27-21(2,3)28-20/h7-10,16-20,22-23H,4-6,11-13H2,1-3H3/t16-,17+,18-,19+,20-/m1/s1. The third-order valence-corrected chi connectivity index (χ3v) is 4.98. The molecule has 0 aliphatic carbocycles.